The molecule has 0 fully saturated rings. The highest BCUT2D eigenvalue weighted by Gasteiger charge is 2.21. The van der Waals surface area contributed by atoms with Crippen LogP contribution in [0.2, 0.25) is 5.15 Å². The van der Waals surface area contributed by atoms with Gasteiger partial charge in [0.2, 0.25) is 5.95 Å². The fourth-order valence-corrected chi connectivity index (χ4v) is 3.65. The van der Waals surface area contributed by atoms with Gasteiger partial charge in [0, 0.05) is 11.1 Å². The molecule has 0 N–H and O–H groups in total. The number of benzene rings is 1. The van der Waals surface area contributed by atoms with Crippen molar-refractivity contribution in [2.45, 2.75) is 26.9 Å². The van der Waals surface area contributed by atoms with Crippen molar-refractivity contribution in [3.63, 3.8) is 0 Å². The molecule has 6 nitrogen and oxygen atoms in total. The maximum Gasteiger partial charge on any atom is 0.213 e. The summed E-state index contributed by atoms with van der Waals surface area (Å²) in [6.45, 7) is 5.24. The van der Waals surface area contributed by atoms with Gasteiger partial charge in [-0.2, -0.15) is 9.65 Å². The molecule has 0 aliphatic carbocycles. The van der Waals surface area contributed by atoms with Gasteiger partial charge in [-0.3, -0.25) is 4.79 Å². The second kappa shape index (κ2) is 8.40. The lowest BCUT2D eigenvalue weighted by molar-refractivity contribution is 0.225. The first kappa shape index (κ1) is 21.5. The van der Waals surface area contributed by atoms with Crippen LogP contribution >= 0.6 is 11.6 Å². The third kappa shape index (κ3) is 3.93. The zero-order valence-electron chi connectivity index (χ0n) is 17.4. The molecule has 4 rings (SSSR count). The van der Waals surface area contributed by atoms with E-state index in [1.54, 1.807) is 32.0 Å². The van der Waals surface area contributed by atoms with Crippen molar-refractivity contribution in [1.29, 1.82) is 5.26 Å². The normalized spacial score (nSPS) is 11.9. The molecule has 0 saturated carbocycles. The lowest BCUT2D eigenvalue weighted by atomic mass is 10.0. The van der Waals surface area contributed by atoms with Crippen LogP contribution in [0.3, 0.4) is 0 Å². The third-order valence-electron chi connectivity index (χ3n) is 5.01. The molecule has 4 aromatic rings. The summed E-state index contributed by atoms with van der Waals surface area (Å²) in [6.07, 6.45) is -0.605. The van der Waals surface area contributed by atoms with Gasteiger partial charge in [0.1, 0.15) is 28.6 Å². The molecule has 1 aromatic carbocycles. The van der Waals surface area contributed by atoms with E-state index in [1.807, 2.05) is 19.1 Å². The predicted octanol–water partition coefficient (Wildman–Crippen LogP) is 5.67. The number of nitriles is 1. The Morgan fingerprint density at radius 1 is 1.19 bits per heavy atom. The van der Waals surface area contributed by atoms with Crippen LogP contribution in [0.1, 0.15) is 35.4 Å². The van der Waals surface area contributed by atoms with Crippen LogP contribution in [0.25, 0.3) is 22.4 Å². The summed E-state index contributed by atoms with van der Waals surface area (Å²) >= 11 is 5.87. The topological polar surface area (TPSA) is 89.0 Å². The Kier molecular flexibility index (Phi) is 5.64. The third-order valence-corrected chi connectivity index (χ3v) is 5.22. The second-order valence-corrected chi connectivity index (χ2v) is 7.70. The molecular weight excluding hydrogens is 433 g/mol. The van der Waals surface area contributed by atoms with E-state index >= 15 is 0 Å². The summed E-state index contributed by atoms with van der Waals surface area (Å²) in [5, 5.41) is 9.90. The molecule has 3 heterocycles. The molecule has 32 heavy (non-hydrogen) atoms. The van der Waals surface area contributed by atoms with E-state index in [0.717, 1.165) is 5.56 Å². The molecule has 0 amide bonds. The lowest BCUT2D eigenvalue weighted by Crippen LogP contribution is -2.12. The summed E-state index contributed by atoms with van der Waals surface area (Å²) in [4.78, 5) is 21.0. The van der Waals surface area contributed by atoms with Gasteiger partial charge < -0.3 is 9.15 Å². The number of hydrogen-bond acceptors (Lipinski definition) is 6. The van der Waals surface area contributed by atoms with Crippen LogP contribution < -0.4 is 10.2 Å². The highest BCUT2D eigenvalue weighted by molar-refractivity contribution is 6.29. The summed E-state index contributed by atoms with van der Waals surface area (Å²) in [5.41, 5.74) is 2.08. The Labute approximate surface area is 187 Å². The minimum absolute atomic E-state index is 0.0447. The van der Waals surface area contributed by atoms with E-state index in [0.29, 0.717) is 22.1 Å². The van der Waals surface area contributed by atoms with Gasteiger partial charge in [-0.05, 0) is 62.7 Å². The Morgan fingerprint density at radius 3 is 2.69 bits per heavy atom. The van der Waals surface area contributed by atoms with Crippen LogP contribution in [-0.2, 0) is 0 Å². The fourth-order valence-electron chi connectivity index (χ4n) is 3.50. The quantitative estimate of drug-likeness (QED) is 0.373. The maximum atomic E-state index is 13.7. The number of pyridine rings is 2. The molecule has 0 aliphatic rings. The van der Waals surface area contributed by atoms with E-state index in [2.05, 4.69) is 9.97 Å². The first-order valence-electron chi connectivity index (χ1n) is 9.72. The zero-order chi connectivity index (χ0) is 23.0. The Hall–Kier alpha value is -3.76. The highest BCUT2D eigenvalue weighted by Crippen LogP contribution is 2.33. The zero-order valence-corrected chi connectivity index (χ0v) is 18.2. The molecule has 0 saturated heterocycles. The maximum absolute atomic E-state index is 13.7. The van der Waals surface area contributed by atoms with Gasteiger partial charge in [-0.25, -0.2) is 9.97 Å². The molecule has 3 aromatic heterocycles. The Balaban J connectivity index is 1.90. The number of fused-ring (bicyclic) bond motifs is 1. The van der Waals surface area contributed by atoms with E-state index in [-0.39, 0.29) is 33.5 Å². The van der Waals surface area contributed by atoms with E-state index in [4.69, 9.17) is 20.8 Å². The number of ether oxygens (including phenoxy) is 1. The van der Waals surface area contributed by atoms with Gasteiger partial charge in [-0.15, -0.1) is 0 Å². The van der Waals surface area contributed by atoms with Gasteiger partial charge in [-0.1, -0.05) is 17.7 Å². The molecular formula is C24H17ClFN3O3. The summed E-state index contributed by atoms with van der Waals surface area (Å²) < 4.78 is 25.8. The van der Waals surface area contributed by atoms with Crippen LogP contribution in [0.15, 0.2) is 51.7 Å². The molecule has 0 aliphatic heterocycles. The molecule has 8 heteroatoms. The van der Waals surface area contributed by atoms with Gasteiger partial charge in [0.25, 0.3) is 0 Å². The van der Waals surface area contributed by atoms with Gasteiger partial charge >= 0.3 is 0 Å². The number of aromatic nitrogens is 2. The molecule has 0 bridgehead atoms. The second-order valence-electron chi connectivity index (χ2n) is 7.31. The number of nitrogens with zero attached hydrogens (tertiary/aromatic N) is 3. The Bertz CT molecular complexity index is 1460. The van der Waals surface area contributed by atoms with E-state index in [9.17, 15) is 14.4 Å². The van der Waals surface area contributed by atoms with Crippen LogP contribution in [0.4, 0.5) is 4.39 Å². The van der Waals surface area contributed by atoms with Crippen molar-refractivity contribution in [3.8, 4) is 23.3 Å². The molecule has 0 unspecified atom stereocenters. The number of aryl methyl sites for hydroxylation is 1. The fraction of sp³-hybridized carbons (Fsp3) is 0.167. The predicted molar refractivity (Wildman–Crippen MR) is 118 cm³/mol. The average Bonchev–Trinajstić information content (AvgIpc) is 2.77. The first-order valence-corrected chi connectivity index (χ1v) is 10.1. The number of rotatable bonds is 4. The first-order chi connectivity index (χ1) is 15.3. The van der Waals surface area contributed by atoms with Crippen molar-refractivity contribution in [3.05, 3.63) is 86.2 Å². The minimum atomic E-state index is -0.676. The monoisotopic (exact) mass is 449 g/mol. The SMILES string of the molecule is Cc1cc([C@@H](C)Oc2ccc(Cl)nc2C#N)c2oc(-c3cccc(F)n3)c(C)c(=O)c2c1. The Morgan fingerprint density at radius 2 is 1.97 bits per heavy atom. The lowest BCUT2D eigenvalue weighted by Gasteiger charge is -2.18. The largest absolute Gasteiger partial charge is 0.483 e. The standard InChI is InChI=1S/C24H17ClFN3O3/c1-12-9-15(14(3)31-19-7-8-20(25)28-18(19)11-27)24-16(10-12)22(30)13(2)23(32-24)17-5-4-6-21(26)29-17/h4-10,14H,1-3H3/t14-/m1/s1. The van der Waals surface area contributed by atoms with E-state index < -0.39 is 12.1 Å². The van der Waals surface area contributed by atoms with Crippen molar-refractivity contribution in [1.82, 2.24) is 9.97 Å². The van der Waals surface area contributed by atoms with E-state index in [1.165, 1.54) is 18.2 Å². The highest BCUT2D eigenvalue weighted by atomic mass is 35.5. The van der Waals surface area contributed by atoms with Crippen LogP contribution in [-0.4, -0.2) is 9.97 Å². The van der Waals surface area contributed by atoms with Crippen molar-refractivity contribution < 1.29 is 13.5 Å². The summed E-state index contributed by atoms with van der Waals surface area (Å²) in [5.74, 6) is -0.240. The smallest absolute Gasteiger partial charge is 0.213 e. The van der Waals surface area contributed by atoms with Crippen molar-refractivity contribution in [2.24, 2.45) is 0 Å². The summed E-state index contributed by atoms with van der Waals surface area (Å²) in [6, 6.07) is 12.9. The summed E-state index contributed by atoms with van der Waals surface area (Å²) in [7, 11) is 0. The van der Waals surface area contributed by atoms with Gasteiger partial charge in [0.05, 0.1) is 5.39 Å². The van der Waals surface area contributed by atoms with Crippen LogP contribution in [0, 0.1) is 31.1 Å². The average molecular weight is 450 g/mol. The minimum Gasteiger partial charge on any atom is -0.483 e. The molecule has 0 spiro atoms. The van der Waals surface area contributed by atoms with Crippen LogP contribution in [0.5, 0.6) is 5.75 Å². The molecule has 1 atom stereocenters. The molecule has 0 radical (unpaired) electrons. The van der Waals surface area contributed by atoms with Crippen molar-refractivity contribution in [2.75, 3.05) is 0 Å². The number of hydrogen-bond donors (Lipinski definition) is 0. The van der Waals surface area contributed by atoms with Crippen molar-refractivity contribution >= 4 is 22.6 Å². The van der Waals surface area contributed by atoms with Gasteiger partial charge in [0.15, 0.2) is 22.6 Å². The number of halogens is 2. The molecule has 160 valence electrons.